The predicted octanol–water partition coefficient (Wildman–Crippen LogP) is 2.14. The monoisotopic (exact) mass is 189 g/mol. The molecule has 1 saturated heterocycles. The maximum atomic E-state index is 3.24. The molecule has 2 nitrogen and oxygen atoms in total. The highest BCUT2D eigenvalue weighted by molar-refractivity contribution is 5.61. The van der Waals surface area contributed by atoms with E-state index in [4.69, 9.17) is 0 Å². The summed E-state index contributed by atoms with van der Waals surface area (Å²) in [5, 5.41) is 3.24. The molecule has 1 heterocycles. The number of aryl methyl sites for hydroxylation is 3. The molecule has 1 aromatic rings. The number of nitrogens with one attached hydrogen (secondary N) is 1. The molecule has 0 aliphatic carbocycles. The fourth-order valence-electron chi connectivity index (χ4n) is 2.23. The highest BCUT2D eigenvalue weighted by Gasteiger charge is 2.16. The van der Waals surface area contributed by atoms with Crippen LogP contribution in [0.3, 0.4) is 0 Å². The van der Waals surface area contributed by atoms with Crippen LogP contribution in [0.1, 0.15) is 16.7 Å². The van der Waals surface area contributed by atoms with E-state index in [1.165, 1.54) is 22.4 Å². The average molecular weight is 189 g/mol. The van der Waals surface area contributed by atoms with Crippen LogP contribution in [-0.2, 0) is 0 Å². The van der Waals surface area contributed by atoms with Gasteiger partial charge in [-0.2, -0.15) is 0 Å². The summed E-state index contributed by atoms with van der Waals surface area (Å²) in [5.41, 5.74) is 5.43. The SMILES string of the molecule is Cc1cc(C)c(N2[CH]NCC2)c(C)c1. The Morgan fingerprint density at radius 1 is 1.14 bits per heavy atom. The lowest BCUT2D eigenvalue weighted by atomic mass is 10.0. The number of rotatable bonds is 1. The zero-order chi connectivity index (χ0) is 10.1. The van der Waals surface area contributed by atoms with Crippen molar-refractivity contribution in [1.82, 2.24) is 5.32 Å². The van der Waals surface area contributed by atoms with Gasteiger partial charge < -0.3 is 4.90 Å². The lowest BCUT2D eigenvalue weighted by molar-refractivity contribution is 0.944. The van der Waals surface area contributed by atoms with Crippen LogP contribution in [0.25, 0.3) is 0 Å². The van der Waals surface area contributed by atoms with Crippen LogP contribution >= 0.6 is 0 Å². The first-order chi connectivity index (χ1) is 6.68. The van der Waals surface area contributed by atoms with Gasteiger partial charge in [-0.1, -0.05) is 17.7 Å². The highest BCUT2D eigenvalue weighted by Crippen LogP contribution is 2.27. The Balaban J connectivity index is 2.40. The molecule has 1 N–H and O–H groups in total. The fraction of sp³-hybridized carbons (Fsp3) is 0.417. The quantitative estimate of drug-likeness (QED) is 0.728. The number of anilines is 1. The Morgan fingerprint density at radius 2 is 1.79 bits per heavy atom. The molecule has 0 atom stereocenters. The molecule has 1 fully saturated rings. The molecule has 0 saturated carbocycles. The van der Waals surface area contributed by atoms with Crippen LogP contribution in [-0.4, -0.2) is 13.1 Å². The van der Waals surface area contributed by atoms with Crippen molar-refractivity contribution in [3.63, 3.8) is 0 Å². The minimum absolute atomic E-state index is 1.05. The number of hydrogen-bond donors (Lipinski definition) is 1. The normalized spacial score (nSPS) is 16.4. The van der Waals surface area contributed by atoms with Gasteiger partial charge in [0.1, 0.15) is 6.67 Å². The van der Waals surface area contributed by atoms with Crippen LogP contribution in [0.15, 0.2) is 12.1 Å². The van der Waals surface area contributed by atoms with Crippen LogP contribution in [0.5, 0.6) is 0 Å². The van der Waals surface area contributed by atoms with E-state index in [0.717, 1.165) is 13.1 Å². The van der Waals surface area contributed by atoms with Crippen LogP contribution in [0.2, 0.25) is 0 Å². The van der Waals surface area contributed by atoms with Gasteiger partial charge in [-0.15, -0.1) is 0 Å². The standard InChI is InChI=1S/C12H17N2/c1-9-6-10(2)12(11(3)7-9)14-5-4-13-8-14/h6-8,13H,4-5H2,1-3H3. The van der Waals surface area contributed by atoms with Crippen LogP contribution in [0, 0.1) is 27.4 Å². The smallest absolute Gasteiger partial charge is 0.114 e. The number of benzene rings is 1. The van der Waals surface area contributed by atoms with E-state index in [1.807, 2.05) is 0 Å². The maximum absolute atomic E-state index is 3.24. The van der Waals surface area contributed by atoms with Crippen LogP contribution < -0.4 is 10.2 Å². The molecular weight excluding hydrogens is 172 g/mol. The third-order valence-electron chi connectivity index (χ3n) is 2.67. The first-order valence-electron chi connectivity index (χ1n) is 5.09. The largest absolute Gasteiger partial charge is 0.351 e. The third-order valence-corrected chi connectivity index (χ3v) is 2.67. The summed E-state index contributed by atoms with van der Waals surface area (Å²) in [6, 6.07) is 4.49. The highest BCUT2D eigenvalue weighted by atomic mass is 15.3. The second kappa shape index (κ2) is 3.62. The Morgan fingerprint density at radius 3 is 2.29 bits per heavy atom. The molecule has 2 rings (SSSR count). The van der Waals surface area contributed by atoms with Crippen molar-refractivity contribution in [1.29, 1.82) is 0 Å². The van der Waals surface area contributed by atoms with Crippen molar-refractivity contribution in [2.45, 2.75) is 20.8 Å². The van der Waals surface area contributed by atoms with Gasteiger partial charge in [0.2, 0.25) is 0 Å². The van der Waals surface area contributed by atoms with Gasteiger partial charge in [0.05, 0.1) is 0 Å². The molecule has 1 aliphatic rings. The number of nitrogens with zero attached hydrogens (tertiary/aromatic N) is 1. The Labute approximate surface area is 85.9 Å². The second-order valence-electron chi connectivity index (χ2n) is 4.02. The Kier molecular flexibility index (Phi) is 2.46. The summed E-state index contributed by atoms with van der Waals surface area (Å²) in [4.78, 5) is 2.30. The van der Waals surface area contributed by atoms with Crippen molar-refractivity contribution in [3.8, 4) is 0 Å². The van der Waals surface area contributed by atoms with Crippen molar-refractivity contribution in [2.24, 2.45) is 0 Å². The van der Waals surface area contributed by atoms with E-state index >= 15 is 0 Å². The van der Waals surface area contributed by atoms with E-state index in [0.29, 0.717) is 0 Å². The fourth-order valence-corrected chi connectivity index (χ4v) is 2.23. The molecule has 0 amide bonds. The molecule has 75 valence electrons. The summed E-state index contributed by atoms with van der Waals surface area (Å²) in [6.45, 7) is 10.7. The summed E-state index contributed by atoms with van der Waals surface area (Å²) in [6.07, 6.45) is 0. The van der Waals surface area contributed by atoms with E-state index in [2.05, 4.69) is 49.8 Å². The lowest BCUT2D eigenvalue weighted by Gasteiger charge is -2.21. The summed E-state index contributed by atoms with van der Waals surface area (Å²) < 4.78 is 0. The number of hydrogen-bond acceptors (Lipinski definition) is 2. The molecule has 0 unspecified atom stereocenters. The molecule has 2 heteroatoms. The first kappa shape index (κ1) is 9.53. The predicted molar refractivity (Wildman–Crippen MR) is 60.3 cm³/mol. The molecule has 0 spiro atoms. The van der Waals surface area contributed by atoms with Crippen LogP contribution in [0.4, 0.5) is 5.69 Å². The molecular formula is C12H17N2. The maximum Gasteiger partial charge on any atom is 0.114 e. The molecule has 1 radical (unpaired) electrons. The lowest BCUT2D eigenvalue weighted by Crippen LogP contribution is -2.18. The summed E-state index contributed by atoms with van der Waals surface area (Å²) in [5.74, 6) is 0. The van der Waals surface area contributed by atoms with Gasteiger partial charge in [-0.3, -0.25) is 5.32 Å². The molecule has 1 aliphatic heterocycles. The molecule has 0 bridgehead atoms. The van der Waals surface area contributed by atoms with E-state index in [9.17, 15) is 0 Å². The van der Waals surface area contributed by atoms with Gasteiger partial charge in [0.15, 0.2) is 0 Å². The average Bonchev–Trinajstić information content (AvgIpc) is 2.54. The van der Waals surface area contributed by atoms with Gasteiger partial charge in [0, 0.05) is 18.8 Å². The van der Waals surface area contributed by atoms with Crippen molar-refractivity contribution >= 4 is 5.69 Å². The molecule has 14 heavy (non-hydrogen) atoms. The van der Waals surface area contributed by atoms with Gasteiger partial charge in [-0.05, 0) is 31.9 Å². The minimum atomic E-state index is 1.05. The van der Waals surface area contributed by atoms with E-state index in [1.54, 1.807) is 0 Å². The van der Waals surface area contributed by atoms with Gasteiger partial charge in [0.25, 0.3) is 0 Å². The summed E-state index contributed by atoms with van der Waals surface area (Å²) >= 11 is 0. The first-order valence-corrected chi connectivity index (χ1v) is 5.09. The molecule has 0 aromatic heterocycles. The van der Waals surface area contributed by atoms with Crippen molar-refractivity contribution < 1.29 is 0 Å². The molecule has 1 aromatic carbocycles. The van der Waals surface area contributed by atoms with Crippen molar-refractivity contribution in [3.05, 3.63) is 35.5 Å². The zero-order valence-electron chi connectivity index (χ0n) is 9.09. The Bertz CT molecular complexity index is 315. The topological polar surface area (TPSA) is 15.3 Å². The van der Waals surface area contributed by atoms with Gasteiger partial charge in [-0.25, -0.2) is 0 Å². The van der Waals surface area contributed by atoms with Crippen molar-refractivity contribution in [2.75, 3.05) is 18.0 Å². The summed E-state index contributed by atoms with van der Waals surface area (Å²) in [7, 11) is 0. The zero-order valence-corrected chi connectivity index (χ0v) is 9.09. The third kappa shape index (κ3) is 1.62. The van der Waals surface area contributed by atoms with E-state index < -0.39 is 0 Å². The van der Waals surface area contributed by atoms with E-state index in [-0.39, 0.29) is 0 Å². The Hall–Kier alpha value is -1.02. The minimum Gasteiger partial charge on any atom is -0.351 e. The van der Waals surface area contributed by atoms with Gasteiger partial charge >= 0.3 is 0 Å². The second-order valence-corrected chi connectivity index (χ2v) is 4.02.